The molecule has 180 valence electrons. The number of nitrogens with one attached hydrogen (secondary N) is 3. The molecule has 0 radical (unpaired) electrons. The van der Waals surface area contributed by atoms with E-state index in [4.69, 9.17) is 0 Å². The van der Waals surface area contributed by atoms with Crippen LogP contribution in [0, 0.1) is 0 Å². The molecule has 3 N–H and O–H groups in total. The lowest BCUT2D eigenvalue weighted by Gasteiger charge is -2.25. The zero-order valence-electron chi connectivity index (χ0n) is 20.0. The van der Waals surface area contributed by atoms with Gasteiger partial charge in [-0.2, -0.15) is 5.10 Å². The summed E-state index contributed by atoms with van der Waals surface area (Å²) in [6.45, 7) is 2.31. The molecule has 0 saturated carbocycles. The summed E-state index contributed by atoms with van der Waals surface area (Å²) < 4.78 is 0. The summed E-state index contributed by atoms with van der Waals surface area (Å²) in [4.78, 5) is 28.0. The van der Waals surface area contributed by atoms with Crippen LogP contribution in [0.5, 0.6) is 0 Å². The molecular formula is C28H31N5O2. The Hall–Kier alpha value is -3.71. The lowest BCUT2D eigenvalue weighted by Crippen LogP contribution is -2.27. The minimum Gasteiger partial charge on any atom is -0.348 e. The third-order valence-electron chi connectivity index (χ3n) is 6.82. The Kier molecular flexibility index (Phi) is 6.77. The highest BCUT2D eigenvalue weighted by atomic mass is 16.2. The van der Waals surface area contributed by atoms with Gasteiger partial charge in [-0.1, -0.05) is 24.3 Å². The third kappa shape index (κ3) is 5.52. The van der Waals surface area contributed by atoms with Gasteiger partial charge in [-0.05, 0) is 78.9 Å². The van der Waals surface area contributed by atoms with Gasteiger partial charge in [-0.15, -0.1) is 0 Å². The van der Waals surface area contributed by atoms with Crippen molar-refractivity contribution in [1.29, 1.82) is 0 Å². The first kappa shape index (κ1) is 23.1. The van der Waals surface area contributed by atoms with E-state index in [1.54, 1.807) is 6.07 Å². The average Bonchev–Trinajstić information content (AvgIpc) is 3.42. The van der Waals surface area contributed by atoms with E-state index in [1.807, 2.05) is 42.6 Å². The average molecular weight is 470 g/mol. The molecule has 7 nitrogen and oxygen atoms in total. The highest BCUT2D eigenvalue weighted by Crippen LogP contribution is 2.24. The molecule has 2 amide bonds. The lowest BCUT2D eigenvalue weighted by molar-refractivity contribution is -0.117. The zero-order chi connectivity index (χ0) is 24.2. The maximum atomic E-state index is 12.9. The van der Waals surface area contributed by atoms with Crippen molar-refractivity contribution in [3.8, 4) is 0 Å². The van der Waals surface area contributed by atoms with Gasteiger partial charge in [0.15, 0.2) is 0 Å². The van der Waals surface area contributed by atoms with Gasteiger partial charge in [0.1, 0.15) is 0 Å². The van der Waals surface area contributed by atoms with Crippen LogP contribution in [-0.4, -0.2) is 42.6 Å². The highest BCUT2D eigenvalue weighted by Gasteiger charge is 2.20. The van der Waals surface area contributed by atoms with E-state index in [2.05, 4.69) is 45.2 Å². The Labute approximate surface area is 206 Å². The molecule has 1 aliphatic carbocycles. The second-order valence-corrected chi connectivity index (χ2v) is 9.45. The van der Waals surface area contributed by atoms with E-state index >= 15 is 0 Å². The number of anilines is 1. The Bertz CT molecular complexity index is 1220. The van der Waals surface area contributed by atoms with Crippen LogP contribution in [0.1, 0.15) is 46.3 Å². The van der Waals surface area contributed by atoms with Gasteiger partial charge in [0.05, 0.1) is 6.04 Å². The molecule has 3 aliphatic rings. The van der Waals surface area contributed by atoms with Crippen molar-refractivity contribution < 1.29 is 9.59 Å². The second kappa shape index (κ2) is 10.3. The summed E-state index contributed by atoms with van der Waals surface area (Å²) in [6, 6.07) is 13.7. The molecule has 0 spiro atoms. The van der Waals surface area contributed by atoms with Crippen molar-refractivity contribution in [1.82, 2.24) is 15.6 Å². The van der Waals surface area contributed by atoms with E-state index in [0.29, 0.717) is 17.7 Å². The number of hydrogen-bond acceptors (Lipinski definition) is 5. The summed E-state index contributed by atoms with van der Waals surface area (Å²) in [6.07, 6.45) is 9.51. The Morgan fingerprint density at radius 1 is 1.11 bits per heavy atom. The van der Waals surface area contributed by atoms with Crippen LogP contribution >= 0.6 is 0 Å². The fraction of sp³-hybridized carbons (Fsp3) is 0.321. The molecular weight excluding hydrogens is 438 g/mol. The van der Waals surface area contributed by atoms with Gasteiger partial charge in [0.25, 0.3) is 11.8 Å². The van der Waals surface area contributed by atoms with Gasteiger partial charge in [0.2, 0.25) is 0 Å². The van der Waals surface area contributed by atoms with Crippen molar-refractivity contribution in [2.45, 2.75) is 44.8 Å². The summed E-state index contributed by atoms with van der Waals surface area (Å²) in [7, 11) is 2.11. The molecule has 0 saturated heterocycles. The molecule has 7 heteroatoms. The van der Waals surface area contributed by atoms with Gasteiger partial charge in [-0.3, -0.25) is 9.59 Å². The number of hydrogen-bond donors (Lipinski definition) is 3. The van der Waals surface area contributed by atoms with Gasteiger partial charge >= 0.3 is 0 Å². The van der Waals surface area contributed by atoms with Crippen molar-refractivity contribution in [3.63, 3.8) is 0 Å². The highest BCUT2D eigenvalue weighted by molar-refractivity contribution is 6.04. The fourth-order valence-corrected chi connectivity index (χ4v) is 4.83. The molecule has 1 unspecified atom stereocenters. The lowest BCUT2D eigenvalue weighted by atomic mass is 9.93. The first-order valence-corrected chi connectivity index (χ1v) is 12.2. The van der Waals surface area contributed by atoms with Crippen molar-refractivity contribution in [2.24, 2.45) is 5.10 Å². The summed E-state index contributed by atoms with van der Waals surface area (Å²) >= 11 is 0. The monoisotopic (exact) mass is 469 g/mol. The SMILES string of the molecule is CN1CCc2ccc(NC(=O)c3cccc(CNC(=O)C4=CCCC(C5CC=NN5)=C4)c3)cc2C1. The van der Waals surface area contributed by atoms with E-state index in [9.17, 15) is 9.59 Å². The first-order valence-electron chi connectivity index (χ1n) is 12.2. The number of likely N-dealkylation sites (N-methyl/N-ethyl adjacent to an activating group) is 1. The fourth-order valence-electron chi connectivity index (χ4n) is 4.83. The molecule has 1 atom stereocenters. The number of fused-ring (bicyclic) bond motifs is 1. The Balaban J connectivity index is 1.19. The number of hydrazone groups is 1. The smallest absolute Gasteiger partial charge is 0.255 e. The summed E-state index contributed by atoms with van der Waals surface area (Å²) in [5.41, 5.74) is 9.86. The molecule has 0 aromatic heterocycles. The number of carbonyl (C=O) groups is 2. The van der Waals surface area contributed by atoms with Gasteiger partial charge in [0, 0.05) is 49.1 Å². The largest absolute Gasteiger partial charge is 0.348 e. The molecule has 0 bridgehead atoms. The van der Waals surface area contributed by atoms with Crippen LogP contribution in [0.25, 0.3) is 0 Å². The van der Waals surface area contributed by atoms with E-state index in [1.165, 1.54) is 16.7 Å². The molecule has 35 heavy (non-hydrogen) atoms. The summed E-state index contributed by atoms with van der Waals surface area (Å²) in [5.74, 6) is -0.258. The topological polar surface area (TPSA) is 85.8 Å². The van der Waals surface area contributed by atoms with E-state index in [0.717, 1.165) is 50.0 Å². The third-order valence-corrected chi connectivity index (χ3v) is 6.82. The quantitative estimate of drug-likeness (QED) is 0.604. The Morgan fingerprint density at radius 2 is 2.03 bits per heavy atom. The van der Waals surface area contributed by atoms with Crippen LogP contribution in [0.4, 0.5) is 5.69 Å². The molecule has 2 heterocycles. The van der Waals surface area contributed by atoms with Crippen molar-refractivity contribution in [2.75, 3.05) is 18.9 Å². The van der Waals surface area contributed by atoms with Crippen molar-refractivity contribution >= 4 is 23.7 Å². The first-order chi connectivity index (χ1) is 17.0. The Morgan fingerprint density at radius 3 is 2.89 bits per heavy atom. The number of carbonyl (C=O) groups excluding carboxylic acids is 2. The maximum absolute atomic E-state index is 12.9. The predicted molar refractivity (Wildman–Crippen MR) is 138 cm³/mol. The van der Waals surface area contributed by atoms with E-state index < -0.39 is 0 Å². The second-order valence-electron chi connectivity index (χ2n) is 9.45. The minimum atomic E-state index is -0.156. The number of benzene rings is 2. The van der Waals surface area contributed by atoms with Crippen LogP contribution in [0.2, 0.25) is 0 Å². The number of rotatable bonds is 6. The number of allylic oxidation sites excluding steroid dienone is 1. The van der Waals surface area contributed by atoms with E-state index in [-0.39, 0.29) is 17.9 Å². The van der Waals surface area contributed by atoms with Crippen LogP contribution in [-0.2, 0) is 24.3 Å². The molecule has 5 rings (SSSR count). The van der Waals surface area contributed by atoms with Gasteiger partial charge in [-0.25, -0.2) is 0 Å². The number of amides is 2. The van der Waals surface area contributed by atoms with Gasteiger partial charge < -0.3 is 21.0 Å². The molecule has 2 aliphatic heterocycles. The molecule has 2 aromatic carbocycles. The number of nitrogens with zero attached hydrogens (tertiary/aromatic N) is 2. The minimum absolute atomic E-state index is 0.102. The normalized spacial score (nSPS) is 19.3. The molecule has 0 fully saturated rings. The van der Waals surface area contributed by atoms with Crippen LogP contribution < -0.4 is 16.1 Å². The predicted octanol–water partition coefficient (Wildman–Crippen LogP) is 3.54. The maximum Gasteiger partial charge on any atom is 0.255 e. The standard InChI is InChI=1S/C28H31N5O2/c1-33-13-11-20-8-9-25(16-24(20)18-33)31-28(35)22-6-2-4-19(14-22)17-29-27(34)23-7-3-5-21(15-23)26-10-12-30-32-26/h2,4,6-9,12,14-16,26,32H,3,5,10-11,13,17-18H2,1H3,(H,29,34)(H,31,35). The zero-order valence-corrected chi connectivity index (χ0v) is 20.0. The van der Waals surface area contributed by atoms with Crippen molar-refractivity contribution in [3.05, 3.63) is 88.0 Å². The molecule has 2 aromatic rings. The summed E-state index contributed by atoms with van der Waals surface area (Å²) in [5, 5.41) is 10.1. The van der Waals surface area contributed by atoms with Crippen LogP contribution in [0.3, 0.4) is 0 Å². The van der Waals surface area contributed by atoms with Crippen LogP contribution in [0.15, 0.2) is 70.9 Å².